The molecule has 90 valence electrons. The van der Waals surface area contributed by atoms with Crippen molar-refractivity contribution in [3.8, 4) is 5.75 Å². The summed E-state index contributed by atoms with van der Waals surface area (Å²) < 4.78 is 5.38. The molecule has 2 nitrogen and oxygen atoms in total. The van der Waals surface area contributed by atoms with Gasteiger partial charge in [-0.25, -0.2) is 0 Å². The molecule has 1 aromatic rings. The maximum Gasteiger partial charge on any atom is 0.122 e. The highest BCUT2D eigenvalue weighted by molar-refractivity contribution is 7.80. The van der Waals surface area contributed by atoms with Crippen molar-refractivity contribution in [3.63, 3.8) is 0 Å². The second-order valence-electron chi connectivity index (χ2n) is 5.00. The van der Waals surface area contributed by atoms with Crippen LogP contribution in [0.2, 0.25) is 0 Å². The molecule has 0 heterocycles. The molecule has 0 aliphatic carbocycles. The third kappa shape index (κ3) is 2.92. The Morgan fingerprint density at radius 3 is 2.44 bits per heavy atom. The lowest BCUT2D eigenvalue weighted by atomic mass is 9.85. The van der Waals surface area contributed by atoms with Gasteiger partial charge in [0.25, 0.3) is 0 Å². The van der Waals surface area contributed by atoms with Gasteiger partial charge < -0.3 is 10.5 Å². The summed E-state index contributed by atoms with van der Waals surface area (Å²) in [5.41, 5.74) is 8.33. The predicted molar refractivity (Wildman–Crippen MR) is 72.5 cm³/mol. The third-order valence-corrected chi connectivity index (χ3v) is 3.05. The van der Waals surface area contributed by atoms with Crippen molar-refractivity contribution >= 4 is 12.6 Å². The summed E-state index contributed by atoms with van der Waals surface area (Å²) in [6.45, 7) is 6.50. The largest absolute Gasteiger partial charge is 0.496 e. The Kier molecular flexibility index (Phi) is 4.28. The molecule has 1 unspecified atom stereocenters. The number of benzene rings is 1. The first-order chi connectivity index (χ1) is 7.40. The summed E-state index contributed by atoms with van der Waals surface area (Å²) in [4.78, 5) is 0. The summed E-state index contributed by atoms with van der Waals surface area (Å²) in [5, 5.41) is 0. The fraction of sp³-hybridized carbons (Fsp3) is 0.538. The molecule has 0 spiro atoms. The average Bonchev–Trinajstić information content (AvgIpc) is 2.26. The van der Waals surface area contributed by atoms with Gasteiger partial charge in [0.2, 0.25) is 0 Å². The zero-order chi connectivity index (χ0) is 12.3. The van der Waals surface area contributed by atoms with Crippen LogP contribution in [0.1, 0.15) is 37.9 Å². The lowest BCUT2D eigenvalue weighted by Crippen LogP contribution is -2.16. The molecule has 0 saturated heterocycles. The molecule has 0 radical (unpaired) electrons. The van der Waals surface area contributed by atoms with Gasteiger partial charge in [-0.3, -0.25) is 0 Å². The van der Waals surface area contributed by atoms with E-state index in [0.29, 0.717) is 5.75 Å². The van der Waals surface area contributed by atoms with Crippen LogP contribution in [0, 0.1) is 0 Å². The Morgan fingerprint density at radius 1 is 1.38 bits per heavy atom. The minimum atomic E-state index is -0.0182. The number of ether oxygens (including phenoxy) is 1. The Hall–Kier alpha value is -0.670. The van der Waals surface area contributed by atoms with Crippen LogP contribution in [-0.2, 0) is 5.41 Å². The predicted octanol–water partition coefficient (Wildman–Crippen LogP) is 2.92. The van der Waals surface area contributed by atoms with E-state index in [0.717, 1.165) is 11.3 Å². The van der Waals surface area contributed by atoms with Gasteiger partial charge in [-0.2, -0.15) is 12.6 Å². The molecule has 0 bridgehead atoms. The van der Waals surface area contributed by atoms with Crippen LogP contribution in [0.4, 0.5) is 0 Å². The van der Waals surface area contributed by atoms with Crippen molar-refractivity contribution in [1.82, 2.24) is 0 Å². The molecule has 0 fully saturated rings. The Labute approximate surface area is 104 Å². The number of thiol groups is 1. The van der Waals surface area contributed by atoms with Crippen LogP contribution in [-0.4, -0.2) is 12.9 Å². The van der Waals surface area contributed by atoms with Crippen LogP contribution in [0.25, 0.3) is 0 Å². The second-order valence-corrected chi connectivity index (χ2v) is 5.36. The highest BCUT2D eigenvalue weighted by Crippen LogP contribution is 2.33. The number of methoxy groups -OCH3 is 1. The first kappa shape index (κ1) is 13.4. The lowest BCUT2D eigenvalue weighted by molar-refractivity contribution is 0.397. The Morgan fingerprint density at radius 2 is 2.00 bits per heavy atom. The second kappa shape index (κ2) is 5.11. The molecule has 3 heteroatoms. The Balaban J connectivity index is 3.22. The molecule has 2 N–H and O–H groups in total. The number of rotatable bonds is 3. The van der Waals surface area contributed by atoms with Crippen molar-refractivity contribution < 1.29 is 4.74 Å². The highest BCUT2D eigenvalue weighted by atomic mass is 32.1. The molecule has 1 rings (SSSR count). The average molecular weight is 239 g/mol. The maximum absolute atomic E-state index is 5.98. The molecule has 0 aliphatic rings. The molecule has 0 amide bonds. The minimum Gasteiger partial charge on any atom is -0.496 e. The van der Waals surface area contributed by atoms with Gasteiger partial charge in [-0.15, -0.1) is 0 Å². The minimum absolute atomic E-state index is 0.0182. The smallest absolute Gasteiger partial charge is 0.122 e. The zero-order valence-corrected chi connectivity index (χ0v) is 11.3. The van der Waals surface area contributed by atoms with Crippen molar-refractivity contribution in [2.45, 2.75) is 32.2 Å². The zero-order valence-electron chi connectivity index (χ0n) is 10.4. The van der Waals surface area contributed by atoms with Gasteiger partial charge in [0.15, 0.2) is 0 Å². The first-order valence-electron chi connectivity index (χ1n) is 5.45. The van der Waals surface area contributed by atoms with Crippen molar-refractivity contribution in [3.05, 3.63) is 29.3 Å². The summed E-state index contributed by atoms with van der Waals surface area (Å²) >= 11 is 4.23. The van der Waals surface area contributed by atoms with E-state index in [1.54, 1.807) is 7.11 Å². The molecular formula is C13H21NOS. The van der Waals surface area contributed by atoms with Crippen LogP contribution < -0.4 is 10.5 Å². The highest BCUT2D eigenvalue weighted by Gasteiger charge is 2.20. The third-order valence-electron chi connectivity index (χ3n) is 2.66. The SMILES string of the molecule is COc1ccc(C(N)CS)cc1C(C)(C)C. The van der Waals surface area contributed by atoms with Crippen LogP contribution in [0.15, 0.2) is 18.2 Å². The van der Waals surface area contributed by atoms with Crippen molar-refractivity contribution in [2.75, 3.05) is 12.9 Å². The number of hydrogen-bond acceptors (Lipinski definition) is 3. The van der Waals surface area contributed by atoms with E-state index in [-0.39, 0.29) is 11.5 Å². The van der Waals surface area contributed by atoms with Gasteiger partial charge in [-0.1, -0.05) is 26.8 Å². The number of hydrogen-bond donors (Lipinski definition) is 2. The summed E-state index contributed by atoms with van der Waals surface area (Å²) in [5.74, 6) is 1.57. The molecule has 16 heavy (non-hydrogen) atoms. The molecule has 0 saturated carbocycles. The fourth-order valence-electron chi connectivity index (χ4n) is 1.65. The fourth-order valence-corrected chi connectivity index (χ4v) is 1.86. The summed E-state index contributed by atoms with van der Waals surface area (Å²) in [6.07, 6.45) is 0. The van der Waals surface area contributed by atoms with Gasteiger partial charge in [0.05, 0.1) is 7.11 Å². The van der Waals surface area contributed by atoms with Crippen LogP contribution in [0.5, 0.6) is 5.75 Å². The van der Waals surface area contributed by atoms with Crippen LogP contribution >= 0.6 is 12.6 Å². The standard InChI is InChI=1S/C13H21NOS/c1-13(2,3)10-7-9(11(14)8-16)5-6-12(10)15-4/h5-7,11,16H,8,14H2,1-4H3. The van der Waals surface area contributed by atoms with E-state index < -0.39 is 0 Å². The van der Waals surface area contributed by atoms with Crippen molar-refractivity contribution in [1.29, 1.82) is 0 Å². The van der Waals surface area contributed by atoms with E-state index in [1.807, 2.05) is 12.1 Å². The van der Waals surface area contributed by atoms with E-state index in [1.165, 1.54) is 5.56 Å². The topological polar surface area (TPSA) is 35.2 Å². The van der Waals surface area contributed by atoms with Crippen molar-refractivity contribution in [2.24, 2.45) is 5.73 Å². The molecule has 0 aromatic heterocycles. The molecular weight excluding hydrogens is 218 g/mol. The maximum atomic E-state index is 5.98. The molecule has 1 aromatic carbocycles. The first-order valence-corrected chi connectivity index (χ1v) is 6.08. The lowest BCUT2D eigenvalue weighted by Gasteiger charge is -2.23. The van der Waals surface area contributed by atoms with E-state index in [4.69, 9.17) is 10.5 Å². The van der Waals surface area contributed by atoms with Gasteiger partial charge in [-0.05, 0) is 28.7 Å². The normalized spacial score (nSPS) is 13.6. The summed E-state index contributed by atoms with van der Waals surface area (Å²) in [7, 11) is 1.70. The van der Waals surface area contributed by atoms with Gasteiger partial charge >= 0.3 is 0 Å². The molecule has 1 atom stereocenters. The van der Waals surface area contributed by atoms with E-state index in [9.17, 15) is 0 Å². The van der Waals surface area contributed by atoms with E-state index in [2.05, 4.69) is 39.5 Å². The Bertz CT molecular complexity index is 357. The molecule has 0 aliphatic heterocycles. The van der Waals surface area contributed by atoms with Crippen LogP contribution in [0.3, 0.4) is 0 Å². The quantitative estimate of drug-likeness (QED) is 0.796. The van der Waals surface area contributed by atoms with E-state index >= 15 is 0 Å². The van der Waals surface area contributed by atoms with Gasteiger partial charge in [0, 0.05) is 11.8 Å². The number of nitrogens with two attached hydrogens (primary N) is 1. The monoisotopic (exact) mass is 239 g/mol. The summed E-state index contributed by atoms with van der Waals surface area (Å²) in [6, 6.07) is 6.10. The van der Waals surface area contributed by atoms with Gasteiger partial charge in [0.1, 0.15) is 5.75 Å².